The van der Waals surface area contributed by atoms with Crippen LogP contribution in [-0.2, 0) is 6.54 Å². The molecule has 0 bridgehead atoms. The number of alkyl halides is 2. The minimum atomic E-state index is -2.54. The van der Waals surface area contributed by atoms with E-state index in [1.807, 2.05) is 0 Å². The topological polar surface area (TPSA) is 41.1 Å². The van der Waals surface area contributed by atoms with Gasteiger partial charge in [0.25, 0.3) is 6.43 Å². The van der Waals surface area contributed by atoms with Crippen molar-refractivity contribution in [2.24, 2.45) is 0 Å². The fourth-order valence-corrected chi connectivity index (χ4v) is 1.66. The van der Waals surface area contributed by atoms with Gasteiger partial charge in [-0.25, -0.2) is 8.78 Å². The van der Waals surface area contributed by atoms with Crippen molar-refractivity contribution < 1.29 is 8.78 Å². The molecule has 0 radical (unpaired) electrons. The van der Waals surface area contributed by atoms with E-state index in [0.29, 0.717) is 6.54 Å². The molecule has 6 heteroatoms. The Hall–Kier alpha value is -1.14. The van der Waals surface area contributed by atoms with E-state index in [1.54, 1.807) is 0 Å². The summed E-state index contributed by atoms with van der Waals surface area (Å²) in [7, 11) is 0. The highest BCUT2D eigenvalue weighted by Gasteiger charge is 2.12. The third-order valence-corrected chi connectivity index (χ3v) is 2.54. The smallest absolute Gasteiger partial charge is 0.281 e. The maximum absolute atomic E-state index is 12.2. The predicted molar refractivity (Wildman–Crippen MR) is 55.1 cm³/mol. The number of nitrogens with one attached hydrogen (secondary N) is 1. The number of nitrogens with zero attached hydrogens (tertiary/aromatic N) is 3. The number of hydrogen-bond acceptors (Lipinski definition) is 4. The monoisotopic (exact) mass is 228 g/mol. The van der Waals surface area contributed by atoms with Crippen molar-refractivity contribution in [1.29, 1.82) is 0 Å². The first kappa shape index (κ1) is 11.3. The van der Waals surface area contributed by atoms with Crippen LogP contribution in [0.15, 0.2) is 12.4 Å². The van der Waals surface area contributed by atoms with E-state index in [9.17, 15) is 8.78 Å². The van der Waals surface area contributed by atoms with E-state index in [4.69, 9.17) is 0 Å². The predicted octanol–water partition coefficient (Wildman–Crippen LogP) is 0.819. The van der Waals surface area contributed by atoms with Gasteiger partial charge in [-0.1, -0.05) is 0 Å². The van der Waals surface area contributed by atoms with E-state index in [-0.39, 0.29) is 5.69 Å². The Morgan fingerprint density at radius 3 is 2.56 bits per heavy atom. The van der Waals surface area contributed by atoms with E-state index >= 15 is 0 Å². The van der Waals surface area contributed by atoms with Gasteiger partial charge in [-0.15, -0.1) is 0 Å². The average Bonchev–Trinajstić information content (AvgIpc) is 2.31. The van der Waals surface area contributed by atoms with Crippen molar-refractivity contribution in [2.45, 2.75) is 13.0 Å². The lowest BCUT2D eigenvalue weighted by molar-refractivity contribution is 0.145. The molecule has 1 aromatic rings. The van der Waals surface area contributed by atoms with Gasteiger partial charge in [0.2, 0.25) is 0 Å². The summed E-state index contributed by atoms with van der Waals surface area (Å²) >= 11 is 0. The van der Waals surface area contributed by atoms with Crippen LogP contribution in [0.25, 0.3) is 0 Å². The van der Waals surface area contributed by atoms with Gasteiger partial charge in [-0.3, -0.25) is 14.9 Å². The van der Waals surface area contributed by atoms with Crippen LogP contribution in [0.4, 0.5) is 8.78 Å². The average molecular weight is 228 g/mol. The molecule has 4 nitrogen and oxygen atoms in total. The van der Waals surface area contributed by atoms with Crippen LogP contribution < -0.4 is 5.32 Å². The van der Waals surface area contributed by atoms with Crippen molar-refractivity contribution in [3.63, 3.8) is 0 Å². The Morgan fingerprint density at radius 1 is 1.25 bits per heavy atom. The molecule has 1 N–H and O–H groups in total. The van der Waals surface area contributed by atoms with Gasteiger partial charge in [0.05, 0.1) is 18.1 Å². The summed E-state index contributed by atoms with van der Waals surface area (Å²) in [5, 5.41) is 3.25. The van der Waals surface area contributed by atoms with Gasteiger partial charge >= 0.3 is 0 Å². The number of piperazine rings is 1. The lowest BCUT2D eigenvalue weighted by atomic mass is 10.3. The maximum atomic E-state index is 12.2. The molecular weight excluding hydrogens is 214 g/mol. The Bertz CT molecular complexity index is 322. The summed E-state index contributed by atoms with van der Waals surface area (Å²) in [6, 6.07) is 0. The Balaban J connectivity index is 1.93. The van der Waals surface area contributed by atoms with Crippen LogP contribution in [0.3, 0.4) is 0 Å². The zero-order valence-electron chi connectivity index (χ0n) is 8.87. The molecule has 1 aliphatic rings. The molecule has 2 heterocycles. The Kier molecular flexibility index (Phi) is 3.74. The molecule has 0 aromatic carbocycles. The summed E-state index contributed by atoms with van der Waals surface area (Å²) < 4.78 is 24.5. The van der Waals surface area contributed by atoms with Gasteiger partial charge in [-0.05, 0) is 0 Å². The lowest BCUT2D eigenvalue weighted by Gasteiger charge is -2.26. The van der Waals surface area contributed by atoms with Crippen LogP contribution in [0, 0.1) is 0 Å². The summed E-state index contributed by atoms with van der Waals surface area (Å²) in [5.41, 5.74) is 0.482. The molecule has 0 unspecified atom stereocenters. The van der Waals surface area contributed by atoms with E-state index in [2.05, 4.69) is 20.2 Å². The van der Waals surface area contributed by atoms with Crippen molar-refractivity contribution in [3.05, 3.63) is 23.8 Å². The molecule has 1 aliphatic heterocycles. The molecule has 2 rings (SSSR count). The van der Waals surface area contributed by atoms with Gasteiger partial charge in [0.15, 0.2) is 0 Å². The fraction of sp³-hybridized carbons (Fsp3) is 0.600. The highest BCUT2D eigenvalue weighted by molar-refractivity contribution is 5.03. The maximum Gasteiger partial charge on any atom is 0.281 e. The van der Waals surface area contributed by atoms with Crippen molar-refractivity contribution in [1.82, 2.24) is 20.2 Å². The molecule has 1 fully saturated rings. The first-order valence-corrected chi connectivity index (χ1v) is 5.28. The summed E-state index contributed by atoms with van der Waals surface area (Å²) in [6.07, 6.45) is 0.0480. The molecule has 16 heavy (non-hydrogen) atoms. The minimum Gasteiger partial charge on any atom is -0.314 e. The van der Waals surface area contributed by atoms with Crippen LogP contribution in [0.2, 0.25) is 0 Å². The van der Waals surface area contributed by atoms with Gasteiger partial charge < -0.3 is 5.32 Å². The molecule has 0 atom stereocenters. The minimum absolute atomic E-state index is 0.260. The Labute approximate surface area is 92.7 Å². The third-order valence-electron chi connectivity index (χ3n) is 2.54. The third kappa shape index (κ3) is 2.93. The lowest BCUT2D eigenvalue weighted by Crippen LogP contribution is -2.43. The second-order valence-electron chi connectivity index (χ2n) is 3.76. The van der Waals surface area contributed by atoms with Crippen molar-refractivity contribution in [3.8, 4) is 0 Å². The number of halogens is 2. The second-order valence-corrected chi connectivity index (χ2v) is 3.76. The number of rotatable bonds is 3. The largest absolute Gasteiger partial charge is 0.314 e. The van der Waals surface area contributed by atoms with Crippen LogP contribution >= 0.6 is 0 Å². The summed E-state index contributed by atoms with van der Waals surface area (Å²) in [4.78, 5) is 9.90. The standard InChI is InChI=1S/C10H14F2N4/c11-10(12)9-6-14-8(5-15-9)7-16-3-1-13-2-4-16/h5-6,10,13H,1-4,7H2. The molecule has 88 valence electrons. The molecule has 0 aliphatic carbocycles. The number of aromatic nitrogens is 2. The van der Waals surface area contributed by atoms with Gasteiger partial charge in [0, 0.05) is 32.7 Å². The van der Waals surface area contributed by atoms with Crippen molar-refractivity contribution in [2.75, 3.05) is 26.2 Å². The van der Waals surface area contributed by atoms with Crippen LogP contribution in [0.5, 0.6) is 0 Å². The molecule has 1 aromatic heterocycles. The first-order valence-electron chi connectivity index (χ1n) is 5.28. The van der Waals surface area contributed by atoms with E-state index < -0.39 is 6.43 Å². The van der Waals surface area contributed by atoms with E-state index in [1.165, 1.54) is 6.20 Å². The normalized spacial score (nSPS) is 17.9. The van der Waals surface area contributed by atoms with Gasteiger partial charge in [0.1, 0.15) is 5.69 Å². The molecule has 0 spiro atoms. The SMILES string of the molecule is FC(F)c1cnc(CN2CCNCC2)cn1. The first-order chi connectivity index (χ1) is 7.75. The highest BCUT2D eigenvalue weighted by Crippen LogP contribution is 2.14. The summed E-state index contributed by atoms with van der Waals surface area (Å²) in [5.74, 6) is 0. The Morgan fingerprint density at radius 2 is 2.00 bits per heavy atom. The molecular formula is C10H14F2N4. The fourth-order valence-electron chi connectivity index (χ4n) is 1.66. The van der Waals surface area contributed by atoms with E-state index in [0.717, 1.165) is 38.1 Å². The summed E-state index contributed by atoms with van der Waals surface area (Å²) in [6.45, 7) is 4.51. The second kappa shape index (κ2) is 5.27. The highest BCUT2D eigenvalue weighted by atomic mass is 19.3. The molecule has 1 saturated heterocycles. The molecule has 0 amide bonds. The zero-order valence-corrected chi connectivity index (χ0v) is 8.87. The van der Waals surface area contributed by atoms with Crippen LogP contribution in [-0.4, -0.2) is 41.0 Å². The van der Waals surface area contributed by atoms with Gasteiger partial charge in [-0.2, -0.15) is 0 Å². The number of hydrogen-bond donors (Lipinski definition) is 1. The quantitative estimate of drug-likeness (QED) is 0.831. The van der Waals surface area contributed by atoms with Crippen molar-refractivity contribution >= 4 is 0 Å². The van der Waals surface area contributed by atoms with Crippen LogP contribution in [0.1, 0.15) is 17.8 Å². The molecule has 0 saturated carbocycles. The zero-order chi connectivity index (χ0) is 11.4.